The summed E-state index contributed by atoms with van der Waals surface area (Å²) in [5.74, 6) is -0.0956. The number of hydrogen-bond acceptors (Lipinski definition) is 5. The molecule has 1 amide bonds. The molecule has 1 aromatic carbocycles. The summed E-state index contributed by atoms with van der Waals surface area (Å²) < 4.78 is 0. The van der Waals surface area contributed by atoms with E-state index in [2.05, 4.69) is 21.4 Å². The number of pyridine rings is 1. The van der Waals surface area contributed by atoms with Crippen molar-refractivity contribution in [3.05, 3.63) is 64.8 Å². The molecule has 3 rings (SSSR count). The highest BCUT2D eigenvalue weighted by Gasteiger charge is 2.07. The van der Waals surface area contributed by atoms with E-state index in [9.17, 15) is 4.79 Å². The molecule has 0 aliphatic rings. The van der Waals surface area contributed by atoms with Gasteiger partial charge in [-0.25, -0.2) is 4.98 Å². The average Bonchev–Trinajstić information content (AvgIpc) is 3.00. The molecule has 1 N–H and O–H groups in total. The molecule has 6 heteroatoms. The fourth-order valence-electron chi connectivity index (χ4n) is 2.21. The first-order chi connectivity index (χ1) is 11.6. The molecule has 3 aromatic rings. The van der Waals surface area contributed by atoms with Gasteiger partial charge >= 0.3 is 0 Å². The number of hydrogen-bond donors (Lipinski definition) is 1. The number of thiazole rings is 1. The summed E-state index contributed by atoms with van der Waals surface area (Å²) >= 11 is 1.45. The normalized spacial score (nSPS) is 10.2. The second-order valence-electron chi connectivity index (χ2n) is 5.24. The molecule has 118 valence electrons. The Hall–Kier alpha value is -3.04. The van der Waals surface area contributed by atoms with Crippen molar-refractivity contribution in [2.24, 2.45) is 0 Å². The molecular weight excluding hydrogens is 320 g/mol. The number of benzene rings is 1. The number of rotatable bonds is 4. The quantitative estimate of drug-likeness (QED) is 0.791. The van der Waals surface area contributed by atoms with E-state index in [1.807, 2.05) is 31.2 Å². The summed E-state index contributed by atoms with van der Waals surface area (Å²) in [6.45, 7) is 1.95. The Kier molecular flexibility index (Phi) is 4.64. The standard InChI is InChI=1S/C18H14N4OS/c1-12-11-21-18(24-12)22-17(23)9-13-2-4-15(5-3-13)16-8-14(10-19)6-7-20-16/h2-8,11H,9H2,1H3,(H,21,22,23). The van der Waals surface area contributed by atoms with Gasteiger partial charge < -0.3 is 5.32 Å². The first kappa shape index (κ1) is 15.8. The van der Waals surface area contributed by atoms with Crippen molar-refractivity contribution >= 4 is 22.4 Å². The van der Waals surface area contributed by atoms with Gasteiger partial charge in [-0.15, -0.1) is 11.3 Å². The number of nitrogens with one attached hydrogen (secondary N) is 1. The Morgan fingerprint density at radius 1 is 1.25 bits per heavy atom. The van der Waals surface area contributed by atoms with Gasteiger partial charge in [0.25, 0.3) is 0 Å². The first-order valence-electron chi connectivity index (χ1n) is 7.32. The first-order valence-corrected chi connectivity index (χ1v) is 8.13. The summed E-state index contributed by atoms with van der Waals surface area (Å²) in [4.78, 5) is 21.5. The molecule has 0 aliphatic carbocycles. The predicted molar refractivity (Wildman–Crippen MR) is 93.6 cm³/mol. The van der Waals surface area contributed by atoms with Gasteiger partial charge in [-0.2, -0.15) is 5.26 Å². The summed E-state index contributed by atoms with van der Waals surface area (Å²) in [7, 11) is 0. The van der Waals surface area contributed by atoms with Gasteiger partial charge in [0.2, 0.25) is 5.91 Å². The van der Waals surface area contributed by atoms with Gasteiger partial charge in [0.15, 0.2) is 5.13 Å². The summed E-state index contributed by atoms with van der Waals surface area (Å²) in [5, 5.41) is 12.4. The SMILES string of the molecule is Cc1cnc(NC(=O)Cc2ccc(-c3cc(C#N)ccn3)cc2)s1. The Labute approximate surface area is 143 Å². The van der Waals surface area contributed by atoms with E-state index in [0.29, 0.717) is 10.7 Å². The van der Waals surface area contributed by atoms with Crippen LogP contribution in [0, 0.1) is 18.3 Å². The largest absolute Gasteiger partial charge is 0.302 e. The van der Waals surface area contributed by atoms with Crippen molar-refractivity contribution in [3.8, 4) is 17.3 Å². The van der Waals surface area contributed by atoms with Crippen LogP contribution >= 0.6 is 11.3 Å². The molecule has 0 bridgehead atoms. The zero-order valence-electron chi connectivity index (χ0n) is 13.0. The predicted octanol–water partition coefficient (Wildman–Crippen LogP) is 3.57. The van der Waals surface area contributed by atoms with E-state index in [-0.39, 0.29) is 12.3 Å². The summed E-state index contributed by atoms with van der Waals surface area (Å²) in [6, 6.07) is 13.1. The van der Waals surface area contributed by atoms with Crippen LogP contribution in [0.5, 0.6) is 0 Å². The smallest absolute Gasteiger partial charge is 0.230 e. The zero-order chi connectivity index (χ0) is 16.9. The molecule has 0 saturated carbocycles. The zero-order valence-corrected chi connectivity index (χ0v) is 13.8. The van der Waals surface area contributed by atoms with E-state index < -0.39 is 0 Å². The molecule has 0 unspecified atom stereocenters. The third-order valence-electron chi connectivity index (χ3n) is 3.37. The molecule has 0 saturated heterocycles. The number of aryl methyl sites for hydroxylation is 1. The van der Waals surface area contributed by atoms with Crippen LogP contribution in [0.15, 0.2) is 48.8 Å². The van der Waals surface area contributed by atoms with Crippen molar-refractivity contribution < 1.29 is 4.79 Å². The lowest BCUT2D eigenvalue weighted by Crippen LogP contribution is -2.14. The fraction of sp³-hybridized carbons (Fsp3) is 0.111. The van der Waals surface area contributed by atoms with Gasteiger partial charge in [-0.3, -0.25) is 9.78 Å². The Morgan fingerprint density at radius 3 is 2.71 bits per heavy atom. The highest BCUT2D eigenvalue weighted by atomic mass is 32.1. The lowest BCUT2D eigenvalue weighted by Gasteiger charge is -2.05. The van der Waals surface area contributed by atoms with Crippen molar-refractivity contribution in [1.29, 1.82) is 5.26 Å². The van der Waals surface area contributed by atoms with Crippen LogP contribution in [0.4, 0.5) is 5.13 Å². The van der Waals surface area contributed by atoms with Crippen molar-refractivity contribution in [3.63, 3.8) is 0 Å². The number of carbonyl (C=O) groups excluding carboxylic acids is 1. The van der Waals surface area contributed by atoms with Crippen LogP contribution in [0.3, 0.4) is 0 Å². The summed E-state index contributed by atoms with van der Waals surface area (Å²) in [6.07, 6.45) is 3.63. The number of aromatic nitrogens is 2. The monoisotopic (exact) mass is 334 g/mol. The number of nitriles is 1. The van der Waals surface area contributed by atoms with Crippen LogP contribution in [0.2, 0.25) is 0 Å². The molecule has 2 heterocycles. The maximum Gasteiger partial charge on any atom is 0.230 e. The average molecular weight is 334 g/mol. The van der Waals surface area contributed by atoms with Gasteiger partial charge in [-0.05, 0) is 24.6 Å². The van der Waals surface area contributed by atoms with Crippen molar-refractivity contribution in [2.45, 2.75) is 13.3 Å². The van der Waals surface area contributed by atoms with E-state index >= 15 is 0 Å². The van der Waals surface area contributed by atoms with Gasteiger partial charge in [0, 0.05) is 22.8 Å². The highest BCUT2D eigenvalue weighted by molar-refractivity contribution is 7.15. The highest BCUT2D eigenvalue weighted by Crippen LogP contribution is 2.20. The molecule has 0 atom stereocenters. The minimum atomic E-state index is -0.0956. The molecule has 2 aromatic heterocycles. The lowest BCUT2D eigenvalue weighted by molar-refractivity contribution is -0.115. The lowest BCUT2D eigenvalue weighted by atomic mass is 10.1. The number of amides is 1. The van der Waals surface area contributed by atoms with Gasteiger partial charge in [0.1, 0.15) is 0 Å². The van der Waals surface area contributed by atoms with E-state index in [0.717, 1.165) is 21.7 Å². The van der Waals surface area contributed by atoms with Gasteiger partial charge in [-0.1, -0.05) is 24.3 Å². The molecule has 0 radical (unpaired) electrons. The van der Waals surface area contributed by atoms with Crippen LogP contribution in [0.1, 0.15) is 16.0 Å². The maximum atomic E-state index is 12.0. The Balaban J connectivity index is 1.68. The third-order valence-corrected chi connectivity index (χ3v) is 4.20. The molecule has 0 fully saturated rings. The van der Waals surface area contributed by atoms with Crippen molar-refractivity contribution in [2.75, 3.05) is 5.32 Å². The van der Waals surface area contributed by atoms with Crippen LogP contribution in [-0.4, -0.2) is 15.9 Å². The maximum absolute atomic E-state index is 12.0. The number of anilines is 1. The Morgan fingerprint density at radius 2 is 2.04 bits per heavy atom. The molecular formula is C18H14N4OS. The minimum absolute atomic E-state index is 0.0956. The minimum Gasteiger partial charge on any atom is -0.302 e. The molecule has 24 heavy (non-hydrogen) atoms. The fourth-order valence-corrected chi connectivity index (χ4v) is 2.89. The summed E-state index contributed by atoms with van der Waals surface area (Å²) in [5.41, 5.74) is 3.12. The Bertz CT molecular complexity index is 909. The number of carbonyl (C=O) groups is 1. The number of nitrogens with zero attached hydrogens (tertiary/aromatic N) is 3. The second-order valence-corrected chi connectivity index (χ2v) is 6.47. The van der Waals surface area contributed by atoms with Gasteiger partial charge in [0.05, 0.1) is 23.7 Å². The molecule has 0 spiro atoms. The van der Waals surface area contributed by atoms with E-state index in [1.54, 1.807) is 24.5 Å². The van der Waals surface area contributed by atoms with Crippen molar-refractivity contribution in [1.82, 2.24) is 9.97 Å². The molecule has 0 aliphatic heterocycles. The van der Waals surface area contributed by atoms with Crippen LogP contribution in [-0.2, 0) is 11.2 Å². The van der Waals surface area contributed by atoms with E-state index in [4.69, 9.17) is 5.26 Å². The van der Waals surface area contributed by atoms with E-state index in [1.165, 1.54) is 11.3 Å². The second kappa shape index (κ2) is 7.02. The van der Waals surface area contributed by atoms with Crippen LogP contribution < -0.4 is 5.32 Å². The van der Waals surface area contributed by atoms with Crippen LogP contribution in [0.25, 0.3) is 11.3 Å². The third kappa shape index (κ3) is 3.83. The molecule has 5 nitrogen and oxygen atoms in total. The topological polar surface area (TPSA) is 78.7 Å².